The van der Waals surface area contributed by atoms with Crippen molar-refractivity contribution in [2.45, 2.75) is 50.6 Å². The van der Waals surface area contributed by atoms with Crippen LogP contribution < -0.4 is 5.32 Å². The third kappa shape index (κ3) is 2.77. The van der Waals surface area contributed by atoms with Crippen molar-refractivity contribution in [3.63, 3.8) is 0 Å². The lowest BCUT2D eigenvalue weighted by Crippen LogP contribution is -2.63. The van der Waals surface area contributed by atoms with Gasteiger partial charge < -0.3 is 10.2 Å². The quantitative estimate of drug-likeness (QED) is 0.870. The van der Waals surface area contributed by atoms with Gasteiger partial charge in [-0.2, -0.15) is 0 Å². The number of nitrogens with one attached hydrogen (secondary N) is 1. The maximum atomic E-state index is 13.4. The van der Waals surface area contributed by atoms with Crippen LogP contribution in [0.25, 0.3) is 10.8 Å². The molecule has 0 radical (unpaired) electrons. The largest absolute Gasteiger partial charge is 0.349 e. The van der Waals surface area contributed by atoms with Crippen LogP contribution in [0.5, 0.6) is 0 Å². The minimum atomic E-state index is -0.341. The van der Waals surface area contributed by atoms with Crippen LogP contribution in [0.2, 0.25) is 0 Å². The molecule has 130 valence electrons. The summed E-state index contributed by atoms with van der Waals surface area (Å²) in [5.74, 6) is 0.0754. The number of carbonyl (C=O) groups is 2. The fraction of sp³-hybridized carbons (Fsp3) is 0.450. The summed E-state index contributed by atoms with van der Waals surface area (Å²) >= 11 is 0. The zero-order valence-corrected chi connectivity index (χ0v) is 14.5. The van der Waals surface area contributed by atoms with Gasteiger partial charge in [0, 0.05) is 24.5 Å². The Morgan fingerprint density at radius 2 is 2.12 bits per heavy atom. The number of carbonyl (C=O) groups excluding carboxylic acids is 2. The number of amides is 2. The summed E-state index contributed by atoms with van der Waals surface area (Å²) < 4.78 is 0. The van der Waals surface area contributed by atoms with Crippen LogP contribution in [0.4, 0.5) is 0 Å². The van der Waals surface area contributed by atoms with Crippen LogP contribution in [0.1, 0.15) is 49.5 Å². The molecule has 2 amide bonds. The molecule has 1 N–H and O–H groups in total. The first-order valence-electron chi connectivity index (χ1n) is 9.04. The Bertz CT molecular complexity index is 829. The van der Waals surface area contributed by atoms with E-state index in [0.29, 0.717) is 12.1 Å². The highest BCUT2D eigenvalue weighted by Crippen LogP contribution is 2.34. The van der Waals surface area contributed by atoms with Gasteiger partial charge in [-0.1, -0.05) is 24.3 Å². The Morgan fingerprint density at radius 3 is 3.00 bits per heavy atom. The number of pyridine rings is 1. The van der Waals surface area contributed by atoms with E-state index in [1.807, 2.05) is 35.2 Å². The van der Waals surface area contributed by atoms with Crippen LogP contribution >= 0.6 is 0 Å². The van der Waals surface area contributed by atoms with Crippen LogP contribution in [-0.2, 0) is 4.79 Å². The summed E-state index contributed by atoms with van der Waals surface area (Å²) in [6.45, 7) is 2.80. The van der Waals surface area contributed by atoms with E-state index < -0.39 is 0 Å². The van der Waals surface area contributed by atoms with Crippen molar-refractivity contribution in [3.8, 4) is 0 Å². The molecule has 0 unspecified atom stereocenters. The minimum absolute atomic E-state index is 0.0242. The van der Waals surface area contributed by atoms with E-state index in [9.17, 15) is 9.59 Å². The first-order chi connectivity index (χ1) is 12.1. The number of rotatable bonds is 1. The van der Waals surface area contributed by atoms with E-state index in [1.165, 1.54) is 0 Å². The molecule has 0 aliphatic carbocycles. The Labute approximate surface area is 147 Å². The van der Waals surface area contributed by atoms with Gasteiger partial charge in [0.15, 0.2) is 0 Å². The predicted octanol–water partition coefficient (Wildman–Crippen LogP) is 2.90. The Morgan fingerprint density at radius 1 is 1.28 bits per heavy atom. The molecule has 2 saturated heterocycles. The zero-order valence-electron chi connectivity index (χ0n) is 14.5. The third-order valence-electron chi connectivity index (χ3n) is 5.65. The van der Waals surface area contributed by atoms with Crippen LogP contribution in [0.3, 0.4) is 0 Å². The number of aromatic nitrogens is 1. The lowest BCUT2D eigenvalue weighted by molar-refractivity contribution is -0.123. The predicted molar refractivity (Wildman–Crippen MR) is 96.2 cm³/mol. The molecule has 0 saturated carbocycles. The van der Waals surface area contributed by atoms with Crippen molar-refractivity contribution in [2.24, 2.45) is 0 Å². The van der Waals surface area contributed by atoms with Gasteiger partial charge >= 0.3 is 0 Å². The summed E-state index contributed by atoms with van der Waals surface area (Å²) in [7, 11) is 0. The van der Waals surface area contributed by atoms with Crippen molar-refractivity contribution in [2.75, 3.05) is 6.54 Å². The van der Waals surface area contributed by atoms with E-state index in [1.54, 1.807) is 6.20 Å². The second-order valence-electron chi connectivity index (χ2n) is 7.36. The fourth-order valence-corrected chi connectivity index (χ4v) is 4.41. The number of fused-ring (bicyclic) bond motifs is 2. The molecule has 2 aromatic rings. The molecule has 5 heteroatoms. The Hall–Kier alpha value is -2.43. The summed E-state index contributed by atoms with van der Waals surface area (Å²) in [4.78, 5) is 31.7. The third-order valence-corrected chi connectivity index (χ3v) is 5.65. The van der Waals surface area contributed by atoms with Crippen molar-refractivity contribution < 1.29 is 9.59 Å². The molecule has 25 heavy (non-hydrogen) atoms. The molecule has 1 aromatic carbocycles. The topological polar surface area (TPSA) is 62.3 Å². The normalized spacial score (nSPS) is 26.7. The number of piperidine rings is 1. The summed E-state index contributed by atoms with van der Waals surface area (Å²) in [5.41, 5.74) is 0.171. The number of nitrogens with zero attached hydrogens (tertiary/aromatic N) is 2. The molecule has 1 aromatic heterocycles. The molecular formula is C20H23N3O2. The standard InChI is InChI=1S/C20H23N3O2/c1-20-11-5-13-23(16(20)8-4-9-17(24)22-20)19(25)18-15-7-3-2-6-14(15)10-12-21-18/h2-3,6-7,10,12,16H,4-5,8-9,11,13H2,1H3,(H,22,24)/t16-,20-/m0/s1. The lowest BCUT2D eigenvalue weighted by Gasteiger charge is -2.47. The molecular weight excluding hydrogens is 314 g/mol. The second kappa shape index (κ2) is 6.14. The molecule has 0 spiro atoms. The summed E-state index contributed by atoms with van der Waals surface area (Å²) in [6, 6.07) is 9.81. The number of hydrogen-bond acceptors (Lipinski definition) is 3. The van der Waals surface area contributed by atoms with E-state index >= 15 is 0 Å². The van der Waals surface area contributed by atoms with Gasteiger partial charge in [0.1, 0.15) is 5.69 Å². The van der Waals surface area contributed by atoms with Crippen molar-refractivity contribution in [1.82, 2.24) is 15.2 Å². The molecule has 5 nitrogen and oxygen atoms in total. The van der Waals surface area contributed by atoms with Gasteiger partial charge in [0.05, 0.1) is 11.6 Å². The van der Waals surface area contributed by atoms with Gasteiger partial charge in [0.25, 0.3) is 5.91 Å². The van der Waals surface area contributed by atoms with Crippen LogP contribution in [-0.4, -0.2) is 39.8 Å². The minimum Gasteiger partial charge on any atom is -0.349 e. The zero-order chi connectivity index (χ0) is 17.4. The maximum absolute atomic E-state index is 13.4. The van der Waals surface area contributed by atoms with Crippen molar-refractivity contribution in [1.29, 1.82) is 0 Å². The first-order valence-corrected chi connectivity index (χ1v) is 9.04. The van der Waals surface area contributed by atoms with Crippen molar-refractivity contribution in [3.05, 3.63) is 42.2 Å². The SMILES string of the molecule is C[C@]12CCCN(C(=O)c3nccc4ccccc34)[C@H]1CCCC(=O)N2. The Kier molecular flexibility index (Phi) is 3.94. The summed E-state index contributed by atoms with van der Waals surface area (Å²) in [5, 5.41) is 5.09. The molecule has 2 aliphatic rings. The van der Waals surface area contributed by atoms with E-state index in [-0.39, 0.29) is 23.4 Å². The summed E-state index contributed by atoms with van der Waals surface area (Å²) in [6.07, 6.45) is 5.72. The van der Waals surface area contributed by atoms with Gasteiger partial charge in [-0.3, -0.25) is 14.6 Å². The molecule has 2 fully saturated rings. The highest BCUT2D eigenvalue weighted by Gasteiger charge is 2.45. The lowest BCUT2D eigenvalue weighted by atomic mass is 9.81. The number of benzene rings is 1. The molecule has 0 bridgehead atoms. The van der Waals surface area contributed by atoms with Gasteiger partial charge in [-0.05, 0) is 44.1 Å². The number of hydrogen-bond donors (Lipinski definition) is 1. The van der Waals surface area contributed by atoms with E-state index in [0.717, 1.165) is 43.0 Å². The highest BCUT2D eigenvalue weighted by molar-refractivity contribution is 6.05. The monoisotopic (exact) mass is 337 g/mol. The maximum Gasteiger partial charge on any atom is 0.273 e. The first kappa shape index (κ1) is 16.1. The smallest absolute Gasteiger partial charge is 0.273 e. The van der Waals surface area contributed by atoms with Gasteiger partial charge in [0.2, 0.25) is 5.91 Å². The molecule has 3 heterocycles. The molecule has 2 aliphatic heterocycles. The fourth-order valence-electron chi connectivity index (χ4n) is 4.41. The number of likely N-dealkylation sites (tertiary alicyclic amines) is 1. The van der Waals surface area contributed by atoms with Gasteiger partial charge in [-0.15, -0.1) is 0 Å². The van der Waals surface area contributed by atoms with E-state index in [2.05, 4.69) is 17.2 Å². The highest BCUT2D eigenvalue weighted by atomic mass is 16.2. The Balaban J connectivity index is 1.72. The van der Waals surface area contributed by atoms with Crippen LogP contribution in [0, 0.1) is 0 Å². The average Bonchev–Trinajstić information content (AvgIpc) is 2.77. The molecule has 2 atom stereocenters. The van der Waals surface area contributed by atoms with Crippen molar-refractivity contribution >= 4 is 22.6 Å². The van der Waals surface area contributed by atoms with Gasteiger partial charge in [-0.25, -0.2) is 0 Å². The van der Waals surface area contributed by atoms with Crippen LogP contribution in [0.15, 0.2) is 36.5 Å². The van der Waals surface area contributed by atoms with E-state index in [4.69, 9.17) is 0 Å². The second-order valence-corrected chi connectivity index (χ2v) is 7.36. The molecule has 4 rings (SSSR count). The average molecular weight is 337 g/mol.